The molecule has 0 unspecified atom stereocenters. The van der Waals surface area contributed by atoms with Crippen LogP contribution in [-0.2, 0) is 13.2 Å². The summed E-state index contributed by atoms with van der Waals surface area (Å²) in [6.07, 6.45) is -3.70. The van der Waals surface area contributed by atoms with Gasteiger partial charge in [-0.05, 0) is 24.6 Å². The zero-order chi connectivity index (χ0) is 20.6. The van der Waals surface area contributed by atoms with E-state index in [0.717, 1.165) is 16.9 Å². The lowest BCUT2D eigenvalue weighted by Crippen LogP contribution is -2.50. The number of hydrogen-bond donors (Lipinski definition) is 0. The van der Waals surface area contributed by atoms with Crippen LogP contribution in [0.15, 0.2) is 24.4 Å². The molecule has 0 bridgehead atoms. The third kappa shape index (κ3) is 3.85. The summed E-state index contributed by atoms with van der Waals surface area (Å²) in [7, 11) is 1.31. The molecular weight excluding hydrogens is 380 g/mol. The molecule has 1 aliphatic rings. The number of hydrogen-bond acceptors (Lipinski definition) is 3. The summed E-state index contributed by atoms with van der Waals surface area (Å²) in [4.78, 5) is 27.7. The first-order chi connectivity index (χ1) is 13.1. The third-order valence-corrected chi connectivity index (χ3v) is 4.60. The van der Waals surface area contributed by atoms with E-state index in [9.17, 15) is 27.2 Å². The van der Waals surface area contributed by atoms with Gasteiger partial charge in [0.25, 0.3) is 11.8 Å². The minimum atomic E-state index is -4.74. The average molecular weight is 398 g/mol. The van der Waals surface area contributed by atoms with E-state index >= 15 is 0 Å². The molecule has 6 nitrogen and oxygen atoms in total. The fraction of sp³-hybridized carbons (Fsp3) is 0.389. The number of aryl methyl sites for hydroxylation is 2. The van der Waals surface area contributed by atoms with E-state index in [-0.39, 0.29) is 37.6 Å². The first-order valence-corrected chi connectivity index (χ1v) is 8.53. The van der Waals surface area contributed by atoms with Gasteiger partial charge in [-0.25, -0.2) is 4.39 Å². The molecule has 0 atom stereocenters. The van der Waals surface area contributed by atoms with Gasteiger partial charge in [-0.15, -0.1) is 0 Å². The van der Waals surface area contributed by atoms with Gasteiger partial charge in [-0.2, -0.15) is 18.3 Å². The molecule has 1 aliphatic heterocycles. The van der Waals surface area contributed by atoms with Crippen molar-refractivity contribution in [2.45, 2.75) is 13.1 Å². The highest BCUT2D eigenvalue weighted by atomic mass is 19.4. The van der Waals surface area contributed by atoms with Crippen LogP contribution in [0.4, 0.5) is 17.6 Å². The molecule has 0 radical (unpaired) electrons. The zero-order valence-corrected chi connectivity index (χ0v) is 15.3. The maximum absolute atomic E-state index is 13.7. The van der Waals surface area contributed by atoms with Crippen LogP contribution in [0.25, 0.3) is 0 Å². The third-order valence-electron chi connectivity index (χ3n) is 4.60. The molecule has 2 amide bonds. The minimum absolute atomic E-state index is 0.0745. The van der Waals surface area contributed by atoms with Gasteiger partial charge in [0.15, 0.2) is 5.69 Å². The number of carbonyl (C=O) groups is 2. The number of alkyl halides is 3. The van der Waals surface area contributed by atoms with Gasteiger partial charge in [-0.1, -0.05) is 6.07 Å². The summed E-state index contributed by atoms with van der Waals surface area (Å²) in [6.45, 7) is 2.02. The van der Waals surface area contributed by atoms with Crippen molar-refractivity contribution < 1.29 is 27.2 Å². The molecule has 1 aromatic heterocycles. The van der Waals surface area contributed by atoms with Crippen molar-refractivity contribution in [3.05, 3.63) is 52.6 Å². The Morgan fingerprint density at radius 3 is 2.14 bits per heavy atom. The molecule has 0 spiro atoms. The van der Waals surface area contributed by atoms with Gasteiger partial charge in [-0.3, -0.25) is 14.3 Å². The maximum atomic E-state index is 13.7. The van der Waals surface area contributed by atoms with Crippen LogP contribution in [0.5, 0.6) is 0 Å². The molecule has 0 aliphatic carbocycles. The second kappa shape index (κ2) is 7.25. The Hall–Kier alpha value is -2.91. The van der Waals surface area contributed by atoms with E-state index in [0.29, 0.717) is 5.56 Å². The monoisotopic (exact) mass is 398 g/mol. The van der Waals surface area contributed by atoms with Crippen LogP contribution < -0.4 is 0 Å². The van der Waals surface area contributed by atoms with Gasteiger partial charge in [0.2, 0.25) is 0 Å². The van der Waals surface area contributed by atoms with Crippen LogP contribution in [-0.4, -0.2) is 57.6 Å². The predicted molar refractivity (Wildman–Crippen MR) is 91.2 cm³/mol. The summed E-state index contributed by atoms with van der Waals surface area (Å²) < 4.78 is 53.8. The second-order valence-corrected chi connectivity index (χ2v) is 6.61. The number of piperazine rings is 1. The molecule has 10 heteroatoms. The van der Waals surface area contributed by atoms with Crippen molar-refractivity contribution >= 4 is 11.8 Å². The Morgan fingerprint density at radius 1 is 1.04 bits per heavy atom. The highest BCUT2D eigenvalue weighted by molar-refractivity contribution is 5.96. The summed E-state index contributed by atoms with van der Waals surface area (Å²) in [5.41, 5.74) is -1.14. The molecule has 3 rings (SSSR count). The molecular formula is C18H18F4N4O2. The summed E-state index contributed by atoms with van der Waals surface area (Å²) in [5.74, 6) is -1.66. The molecule has 1 aromatic carbocycles. The van der Waals surface area contributed by atoms with Crippen LogP contribution in [0.1, 0.15) is 32.0 Å². The van der Waals surface area contributed by atoms with E-state index < -0.39 is 29.2 Å². The van der Waals surface area contributed by atoms with Gasteiger partial charge in [0, 0.05) is 45.0 Å². The van der Waals surface area contributed by atoms with Crippen molar-refractivity contribution in [3.63, 3.8) is 0 Å². The first kappa shape index (κ1) is 19.8. The molecule has 28 heavy (non-hydrogen) atoms. The van der Waals surface area contributed by atoms with Gasteiger partial charge >= 0.3 is 6.18 Å². The first-order valence-electron chi connectivity index (χ1n) is 8.53. The Labute approximate surface area is 158 Å². The molecule has 1 saturated heterocycles. The van der Waals surface area contributed by atoms with Gasteiger partial charge in [0.05, 0.1) is 5.56 Å². The van der Waals surface area contributed by atoms with Crippen LogP contribution in [0.2, 0.25) is 0 Å². The average Bonchev–Trinajstić information content (AvgIpc) is 3.05. The van der Waals surface area contributed by atoms with E-state index in [1.165, 1.54) is 29.0 Å². The lowest BCUT2D eigenvalue weighted by molar-refractivity contribution is -0.141. The Bertz CT molecular complexity index is 915. The summed E-state index contributed by atoms with van der Waals surface area (Å²) in [5, 5.41) is 3.34. The second-order valence-electron chi connectivity index (χ2n) is 6.61. The van der Waals surface area contributed by atoms with Crippen molar-refractivity contribution in [1.29, 1.82) is 0 Å². The van der Waals surface area contributed by atoms with E-state index in [1.807, 2.05) is 0 Å². The van der Waals surface area contributed by atoms with Crippen LogP contribution in [0, 0.1) is 12.7 Å². The number of halogens is 4. The zero-order valence-electron chi connectivity index (χ0n) is 15.3. The van der Waals surface area contributed by atoms with Crippen molar-refractivity contribution in [3.8, 4) is 0 Å². The number of aromatic nitrogens is 2. The summed E-state index contributed by atoms with van der Waals surface area (Å²) in [6, 6.07) is 4.17. The molecule has 2 aromatic rings. The highest BCUT2D eigenvalue weighted by Crippen LogP contribution is 2.31. The predicted octanol–water partition coefficient (Wildman–Crippen LogP) is 2.48. The Kier molecular flexibility index (Phi) is 5.14. The molecule has 1 fully saturated rings. The SMILES string of the molecule is Cc1ccc(C(=O)N2CCN(C(=O)c3cn(C)nc3C(F)(F)F)CC2)cc1F. The largest absolute Gasteiger partial charge is 0.435 e. The number of amides is 2. The molecule has 2 heterocycles. The quantitative estimate of drug-likeness (QED) is 0.731. The molecule has 150 valence electrons. The van der Waals surface area contributed by atoms with Crippen molar-refractivity contribution in [1.82, 2.24) is 19.6 Å². The fourth-order valence-corrected chi connectivity index (χ4v) is 3.05. The lowest BCUT2D eigenvalue weighted by Gasteiger charge is -2.34. The number of rotatable bonds is 2. The van der Waals surface area contributed by atoms with Crippen molar-refractivity contribution in [2.75, 3.05) is 26.2 Å². The lowest BCUT2D eigenvalue weighted by atomic mass is 10.1. The fourth-order valence-electron chi connectivity index (χ4n) is 3.05. The normalized spacial score (nSPS) is 15.1. The highest BCUT2D eigenvalue weighted by Gasteiger charge is 2.40. The topological polar surface area (TPSA) is 58.4 Å². The smallest absolute Gasteiger partial charge is 0.335 e. The van der Waals surface area contributed by atoms with E-state index in [2.05, 4.69) is 5.10 Å². The number of carbonyl (C=O) groups excluding carboxylic acids is 2. The molecule has 0 saturated carbocycles. The van der Waals surface area contributed by atoms with E-state index in [4.69, 9.17) is 0 Å². The minimum Gasteiger partial charge on any atom is -0.335 e. The number of nitrogens with zero attached hydrogens (tertiary/aromatic N) is 4. The Balaban J connectivity index is 1.69. The van der Waals surface area contributed by atoms with Crippen molar-refractivity contribution in [2.24, 2.45) is 7.05 Å². The van der Waals surface area contributed by atoms with Crippen LogP contribution >= 0.6 is 0 Å². The summed E-state index contributed by atoms with van der Waals surface area (Å²) >= 11 is 0. The molecule has 0 N–H and O–H groups in total. The Morgan fingerprint density at radius 2 is 1.61 bits per heavy atom. The number of benzene rings is 1. The van der Waals surface area contributed by atoms with Gasteiger partial charge in [0.1, 0.15) is 5.82 Å². The standard InChI is InChI=1S/C18H18F4N4O2/c1-11-3-4-12(9-14(11)19)16(27)25-5-7-26(8-6-25)17(28)13-10-24(2)23-15(13)18(20,21)22/h3-4,9-10H,5-8H2,1-2H3. The maximum Gasteiger partial charge on any atom is 0.435 e. The van der Waals surface area contributed by atoms with E-state index in [1.54, 1.807) is 6.92 Å². The van der Waals surface area contributed by atoms with Crippen LogP contribution in [0.3, 0.4) is 0 Å². The van der Waals surface area contributed by atoms with Gasteiger partial charge < -0.3 is 9.80 Å².